The van der Waals surface area contributed by atoms with Gasteiger partial charge < -0.3 is 16.0 Å². The van der Waals surface area contributed by atoms with Crippen molar-refractivity contribution in [1.29, 1.82) is 0 Å². The Morgan fingerprint density at radius 3 is 2.30 bits per heavy atom. The molecular weight excluding hydrogens is 664 g/mol. The second-order valence-electron chi connectivity index (χ2n) is 10.1. The first kappa shape index (κ1) is 33.9. The number of hydrazone groups is 1. The number of hydrogen-bond acceptors (Lipinski definition) is 6. The van der Waals surface area contributed by atoms with Crippen LogP contribution in [0.2, 0.25) is 20.1 Å². The number of amides is 3. The molecule has 0 aromatic heterocycles. The molecule has 3 aromatic rings. The van der Waals surface area contributed by atoms with Crippen LogP contribution in [-0.2, 0) is 14.4 Å². The van der Waals surface area contributed by atoms with E-state index >= 15 is 0 Å². The van der Waals surface area contributed by atoms with Gasteiger partial charge in [-0.1, -0.05) is 91.1 Å². The number of nitrogens with zero attached hydrogens (tertiary/aromatic N) is 2. The summed E-state index contributed by atoms with van der Waals surface area (Å²) in [6.07, 6.45) is 5.64. The highest BCUT2D eigenvalue weighted by Gasteiger charge is 2.40. The maximum absolute atomic E-state index is 13.9. The van der Waals surface area contributed by atoms with Gasteiger partial charge >= 0.3 is 0 Å². The molecular formula is C31H31Cl4N5O3S. The number of benzene rings is 3. The molecule has 1 heterocycles. The van der Waals surface area contributed by atoms with E-state index in [1.807, 2.05) is 0 Å². The highest BCUT2D eigenvalue weighted by Crippen LogP contribution is 2.42. The molecule has 0 spiro atoms. The van der Waals surface area contributed by atoms with Crippen molar-refractivity contribution in [2.75, 3.05) is 21.0 Å². The van der Waals surface area contributed by atoms with E-state index in [0.717, 1.165) is 37.1 Å². The first-order chi connectivity index (χ1) is 21.1. The summed E-state index contributed by atoms with van der Waals surface area (Å²) >= 11 is 26.8. The fourth-order valence-corrected chi connectivity index (χ4v) is 6.69. The van der Waals surface area contributed by atoms with E-state index in [2.05, 4.69) is 28.0 Å². The largest absolute Gasteiger partial charge is 0.340 e. The zero-order valence-corrected chi connectivity index (χ0v) is 27.9. The number of halogens is 4. The van der Waals surface area contributed by atoms with E-state index in [4.69, 9.17) is 46.4 Å². The molecule has 8 nitrogen and oxygen atoms in total. The van der Waals surface area contributed by atoms with Crippen LogP contribution in [0, 0.1) is 0 Å². The molecule has 13 heteroatoms. The maximum Gasteiger partial charge on any atom is 0.268 e. The summed E-state index contributed by atoms with van der Waals surface area (Å²) in [6, 6.07) is 15.1. The highest BCUT2D eigenvalue weighted by molar-refractivity contribution is 8.01. The average molecular weight is 696 g/mol. The van der Waals surface area contributed by atoms with Crippen molar-refractivity contribution in [1.82, 2.24) is 0 Å². The Bertz CT molecular complexity index is 1560. The standard InChI is InChI=1S/C31H31Cl4N5O3S/c1-3-4-5-6-7-12-27(42)37-20-13-14-21(33)25(17-20)38-30-29(44-26-11-9-8-10-24(26)36-18(2)41)31(43)40(39-30)28-22(34)15-19(32)16-23(28)35/h8-11,13-17,29H,3-7,12H2,1-2H3,(H,36,41)(H,37,42)(H,38,39). The van der Waals surface area contributed by atoms with Crippen molar-refractivity contribution < 1.29 is 14.4 Å². The minimum Gasteiger partial charge on any atom is -0.340 e. The number of unbranched alkanes of at least 4 members (excludes halogenated alkanes) is 4. The van der Waals surface area contributed by atoms with Gasteiger partial charge in [0.2, 0.25) is 11.8 Å². The second kappa shape index (κ2) is 15.9. The summed E-state index contributed by atoms with van der Waals surface area (Å²) in [7, 11) is 0. The number of carbonyl (C=O) groups is 3. The van der Waals surface area contributed by atoms with Crippen LogP contribution in [0.15, 0.2) is 64.6 Å². The van der Waals surface area contributed by atoms with Gasteiger partial charge in [0.05, 0.1) is 26.4 Å². The molecule has 1 aliphatic rings. The van der Waals surface area contributed by atoms with E-state index in [0.29, 0.717) is 38.4 Å². The third-order valence-corrected chi connectivity index (χ3v) is 8.94. The molecule has 1 aliphatic heterocycles. The Morgan fingerprint density at radius 2 is 1.59 bits per heavy atom. The van der Waals surface area contributed by atoms with Crippen molar-refractivity contribution in [3.63, 3.8) is 0 Å². The molecule has 0 radical (unpaired) electrons. The monoisotopic (exact) mass is 693 g/mol. The van der Waals surface area contributed by atoms with Gasteiger partial charge in [0.25, 0.3) is 5.91 Å². The van der Waals surface area contributed by atoms with Gasteiger partial charge in [0.1, 0.15) is 5.69 Å². The fourth-order valence-electron chi connectivity index (χ4n) is 4.47. The summed E-state index contributed by atoms with van der Waals surface area (Å²) in [6.45, 7) is 3.56. The van der Waals surface area contributed by atoms with Gasteiger partial charge in [0, 0.05) is 29.0 Å². The molecule has 3 N–H and O–H groups in total. The first-order valence-corrected chi connectivity index (χ1v) is 16.4. The Labute approximate surface area is 280 Å². The predicted molar refractivity (Wildman–Crippen MR) is 184 cm³/mol. The van der Waals surface area contributed by atoms with E-state index in [1.165, 1.54) is 30.8 Å². The Morgan fingerprint density at radius 1 is 0.886 bits per heavy atom. The van der Waals surface area contributed by atoms with Crippen molar-refractivity contribution in [2.45, 2.75) is 62.5 Å². The van der Waals surface area contributed by atoms with Gasteiger partial charge in [-0.3, -0.25) is 14.4 Å². The summed E-state index contributed by atoms with van der Waals surface area (Å²) < 4.78 is 0. The van der Waals surface area contributed by atoms with Crippen molar-refractivity contribution in [3.8, 4) is 0 Å². The third kappa shape index (κ3) is 8.82. The van der Waals surface area contributed by atoms with E-state index in [1.54, 1.807) is 42.5 Å². The fraction of sp³-hybridized carbons (Fsp3) is 0.290. The van der Waals surface area contributed by atoms with Crippen LogP contribution < -0.4 is 21.0 Å². The van der Waals surface area contributed by atoms with E-state index in [9.17, 15) is 14.4 Å². The molecule has 0 bridgehead atoms. The summed E-state index contributed by atoms with van der Waals surface area (Å²) in [5.74, 6) is -0.550. The Hall–Kier alpha value is -2.95. The molecule has 1 unspecified atom stereocenters. The van der Waals surface area contributed by atoms with Crippen molar-refractivity contribution >= 4 is 104 Å². The molecule has 3 aromatic carbocycles. The summed E-state index contributed by atoms with van der Waals surface area (Å²) in [5.41, 5.74) is 1.68. The number of hydrogen-bond donors (Lipinski definition) is 3. The molecule has 3 amide bonds. The zero-order valence-electron chi connectivity index (χ0n) is 24.1. The number of rotatable bonds is 12. The van der Waals surface area contributed by atoms with Gasteiger partial charge in [-0.25, -0.2) is 0 Å². The predicted octanol–water partition coefficient (Wildman–Crippen LogP) is 9.49. The van der Waals surface area contributed by atoms with Gasteiger partial charge in [-0.05, 0) is 48.9 Å². The SMILES string of the molecule is CCCCCCCC(=O)Nc1ccc(Cl)c(NC2=NN(c3c(Cl)cc(Cl)cc3Cl)C(=O)C2Sc2ccccc2NC(C)=O)c1. The highest BCUT2D eigenvalue weighted by atomic mass is 35.5. The molecule has 0 aliphatic carbocycles. The number of thioether (sulfide) groups is 1. The second-order valence-corrected chi connectivity index (χ2v) is 12.9. The van der Waals surface area contributed by atoms with Gasteiger partial charge in [-0.15, -0.1) is 16.9 Å². The van der Waals surface area contributed by atoms with Crippen LogP contribution in [0.25, 0.3) is 0 Å². The van der Waals surface area contributed by atoms with Crippen molar-refractivity contribution in [3.05, 3.63) is 74.7 Å². The molecule has 1 atom stereocenters. The first-order valence-electron chi connectivity index (χ1n) is 14.0. The van der Waals surface area contributed by atoms with E-state index < -0.39 is 11.2 Å². The molecule has 0 saturated heterocycles. The topological polar surface area (TPSA) is 103 Å². The van der Waals surface area contributed by atoms with Crippen molar-refractivity contribution in [2.24, 2.45) is 5.10 Å². The minimum absolute atomic E-state index is 0.0932. The van der Waals surface area contributed by atoms with Crippen LogP contribution in [0.1, 0.15) is 52.4 Å². The normalized spacial score (nSPS) is 14.4. The minimum atomic E-state index is -0.912. The van der Waals surface area contributed by atoms with Gasteiger partial charge in [0.15, 0.2) is 11.1 Å². The van der Waals surface area contributed by atoms with E-state index in [-0.39, 0.29) is 33.4 Å². The number of amidine groups is 1. The summed E-state index contributed by atoms with van der Waals surface area (Å²) in [4.78, 5) is 39.0. The maximum atomic E-state index is 13.9. The van der Waals surface area contributed by atoms with Crippen LogP contribution in [-0.4, -0.2) is 28.8 Å². The lowest BCUT2D eigenvalue weighted by Gasteiger charge is -2.18. The van der Waals surface area contributed by atoms with Crippen LogP contribution >= 0.6 is 58.2 Å². The zero-order chi connectivity index (χ0) is 31.8. The number of nitrogens with one attached hydrogen (secondary N) is 3. The molecule has 232 valence electrons. The van der Waals surface area contributed by atoms with Crippen LogP contribution in [0.5, 0.6) is 0 Å². The summed E-state index contributed by atoms with van der Waals surface area (Å²) in [5, 5.41) is 14.6. The van der Waals surface area contributed by atoms with Gasteiger partial charge in [-0.2, -0.15) is 5.01 Å². The van der Waals surface area contributed by atoms with Crippen LogP contribution in [0.3, 0.4) is 0 Å². The average Bonchev–Trinajstić information content (AvgIpc) is 3.24. The Balaban J connectivity index is 1.63. The lowest BCUT2D eigenvalue weighted by molar-refractivity contribution is -0.117. The number of anilines is 4. The molecule has 0 fully saturated rings. The quantitative estimate of drug-likeness (QED) is 0.164. The molecule has 4 rings (SSSR count). The number of para-hydroxylation sites is 1. The lowest BCUT2D eigenvalue weighted by Crippen LogP contribution is -2.32. The Kier molecular flexibility index (Phi) is 12.2. The lowest BCUT2D eigenvalue weighted by atomic mass is 10.1. The third-order valence-electron chi connectivity index (χ3n) is 6.55. The number of carbonyl (C=O) groups excluding carboxylic acids is 3. The smallest absolute Gasteiger partial charge is 0.268 e. The molecule has 44 heavy (non-hydrogen) atoms. The molecule has 0 saturated carbocycles. The van der Waals surface area contributed by atoms with Crippen LogP contribution in [0.4, 0.5) is 22.7 Å².